The Morgan fingerprint density at radius 2 is 2.55 bits per heavy atom. The molecular weight excluding hydrogens is 142 g/mol. The first-order valence-corrected chi connectivity index (χ1v) is 3.23. The average Bonchev–Trinajstić information content (AvgIpc) is 2.01. The third-order valence-corrected chi connectivity index (χ3v) is 1.25. The second-order valence-corrected chi connectivity index (χ2v) is 2.20. The van der Waals surface area contributed by atoms with Crippen LogP contribution in [0.15, 0.2) is 18.3 Å². The standard InChI is InChI=1S/C8H8NO2/c1-7-2-3-9-8(4-7)5-11-6-10/h2-4H,5H2,1H3. The molecule has 1 heterocycles. The van der Waals surface area contributed by atoms with Gasteiger partial charge in [-0.1, -0.05) is 0 Å². The van der Waals surface area contributed by atoms with E-state index in [1.54, 1.807) is 6.20 Å². The quantitative estimate of drug-likeness (QED) is 0.644. The third-order valence-electron chi connectivity index (χ3n) is 1.25. The minimum Gasteiger partial charge on any atom is -0.451 e. The molecular formula is C8H8NO2. The van der Waals surface area contributed by atoms with Crippen LogP contribution in [0.4, 0.5) is 0 Å². The summed E-state index contributed by atoms with van der Waals surface area (Å²) in [5.74, 6) is 0. The van der Waals surface area contributed by atoms with Crippen molar-refractivity contribution in [2.75, 3.05) is 0 Å². The van der Waals surface area contributed by atoms with Gasteiger partial charge in [-0.25, -0.2) is 4.79 Å². The van der Waals surface area contributed by atoms with Crippen LogP contribution in [0.2, 0.25) is 0 Å². The highest BCUT2D eigenvalue weighted by atomic mass is 16.5. The van der Waals surface area contributed by atoms with Gasteiger partial charge in [0, 0.05) is 6.20 Å². The van der Waals surface area contributed by atoms with Gasteiger partial charge in [0.2, 0.25) is 0 Å². The van der Waals surface area contributed by atoms with E-state index in [-0.39, 0.29) is 6.61 Å². The van der Waals surface area contributed by atoms with Crippen molar-refractivity contribution in [1.82, 2.24) is 4.98 Å². The lowest BCUT2D eigenvalue weighted by Gasteiger charge is -1.97. The normalized spacial score (nSPS) is 9.18. The summed E-state index contributed by atoms with van der Waals surface area (Å²) in [6.07, 6.45) is 1.68. The molecule has 1 aromatic rings. The number of nitrogens with zero attached hydrogens (tertiary/aromatic N) is 1. The fourth-order valence-corrected chi connectivity index (χ4v) is 0.781. The van der Waals surface area contributed by atoms with Gasteiger partial charge in [0.15, 0.2) is 0 Å². The molecule has 0 aliphatic carbocycles. The first-order chi connectivity index (χ1) is 5.33. The molecule has 11 heavy (non-hydrogen) atoms. The van der Waals surface area contributed by atoms with Crippen molar-refractivity contribution < 1.29 is 9.53 Å². The zero-order valence-corrected chi connectivity index (χ0v) is 6.20. The van der Waals surface area contributed by atoms with Crippen LogP contribution < -0.4 is 0 Å². The number of pyridine rings is 1. The Morgan fingerprint density at radius 1 is 1.73 bits per heavy atom. The third kappa shape index (κ3) is 2.37. The van der Waals surface area contributed by atoms with Crippen LogP contribution in [0.25, 0.3) is 0 Å². The molecule has 0 aromatic carbocycles. The number of rotatable bonds is 3. The zero-order chi connectivity index (χ0) is 8.10. The molecule has 3 heteroatoms. The lowest BCUT2D eigenvalue weighted by atomic mass is 10.2. The molecule has 0 saturated heterocycles. The lowest BCUT2D eigenvalue weighted by molar-refractivity contribution is 0.263. The molecule has 0 unspecified atom stereocenters. The van der Waals surface area contributed by atoms with Crippen LogP contribution in [0, 0.1) is 6.92 Å². The molecule has 1 radical (unpaired) electrons. The Bertz CT molecular complexity index is 248. The molecule has 0 atom stereocenters. The van der Waals surface area contributed by atoms with E-state index in [4.69, 9.17) is 0 Å². The molecule has 1 aromatic heterocycles. The van der Waals surface area contributed by atoms with Crippen molar-refractivity contribution in [2.45, 2.75) is 13.5 Å². The van der Waals surface area contributed by atoms with Crippen molar-refractivity contribution in [2.24, 2.45) is 0 Å². The van der Waals surface area contributed by atoms with Gasteiger partial charge in [0.25, 0.3) is 0 Å². The zero-order valence-electron chi connectivity index (χ0n) is 6.20. The molecule has 0 fully saturated rings. The highest BCUT2D eigenvalue weighted by Crippen LogP contribution is 2.00. The number of hydrogen-bond acceptors (Lipinski definition) is 3. The topological polar surface area (TPSA) is 39.2 Å². The number of aromatic nitrogens is 1. The summed E-state index contributed by atoms with van der Waals surface area (Å²) < 4.78 is 4.41. The first kappa shape index (κ1) is 7.72. The van der Waals surface area contributed by atoms with Crippen molar-refractivity contribution in [3.63, 3.8) is 0 Å². The Labute approximate surface area is 65.0 Å². The van der Waals surface area contributed by atoms with E-state index in [9.17, 15) is 4.79 Å². The van der Waals surface area contributed by atoms with Crippen LogP contribution >= 0.6 is 0 Å². The molecule has 1 rings (SSSR count). The predicted molar refractivity (Wildman–Crippen MR) is 39.5 cm³/mol. The second-order valence-electron chi connectivity index (χ2n) is 2.20. The molecule has 0 bridgehead atoms. The molecule has 0 saturated carbocycles. The van der Waals surface area contributed by atoms with Gasteiger partial charge in [-0.15, -0.1) is 0 Å². The maximum absolute atomic E-state index is 9.69. The fraction of sp³-hybridized carbons (Fsp3) is 0.250. The monoisotopic (exact) mass is 150 g/mol. The molecule has 57 valence electrons. The molecule has 0 aliphatic rings. The number of carbonyl (C=O) groups excluding carboxylic acids is 1. The number of aryl methyl sites for hydroxylation is 1. The Balaban J connectivity index is 2.63. The summed E-state index contributed by atoms with van der Waals surface area (Å²) in [5.41, 5.74) is 1.85. The van der Waals surface area contributed by atoms with Crippen LogP contribution in [0.1, 0.15) is 11.3 Å². The van der Waals surface area contributed by atoms with Crippen LogP contribution in [-0.2, 0) is 16.1 Å². The highest BCUT2D eigenvalue weighted by molar-refractivity contribution is 5.38. The Kier molecular flexibility index (Phi) is 2.60. The van der Waals surface area contributed by atoms with Crippen molar-refractivity contribution in [3.8, 4) is 0 Å². The molecule has 0 spiro atoms. The summed E-state index contributed by atoms with van der Waals surface area (Å²) in [5, 5.41) is 0. The predicted octanol–water partition coefficient (Wildman–Crippen LogP) is 0.974. The van der Waals surface area contributed by atoms with Crippen LogP contribution in [-0.4, -0.2) is 11.5 Å². The van der Waals surface area contributed by atoms with Crippen LogP contribution in [0.5, 0.6) is 0 Å². The minimum atomic E-state index is 0.200. The summed E-state index contributed by atoms with van der Waals surface area (Å²) in [6, 6.07) is 3.74. The van der Waals surface area contributed by atoms with Gasteiger partial charge in [-0.05, 0) is 24.6 Å². The Hall–Kier alpha value is -1.38. The maximum atomic E-state index is 9.69. The van der Waals surface area contributed by atoms with Gasteiger partial charge in [-0.2, -0.15) is 0 Å². The van der Waals surface area contributed by atoms with Crippen molar-refractivity contribution in [3.05, 3.63) is 29.6 Å². The summed E-state index contributed by atoms with van der Waals surface area (Å²) in [7, 11) is 0. The van der Waals surface area contributed by atoms with Gasteiger partial charge in [0.05, 0.1) is 5.69 Å². The summed E-state index contributed by atoms with van der Waals surface area (Å²) in [6.45, 7) is 3.50. The average molecular weight is 150 g/mol. The second kappa shape index (κ2) is 3.71. The molecule has 3 nitrogen and oxygen atoms in total. The minimum absolute atomic E-state index is 0.200. The van der Waals surface area contributed by atoms with E-state index >= 15 is 0 Å². The maximum Gasteiger partial charge on any atom is 0.417 e. The van der Waals surface area contributed by atoms with E-state index in [1.165, 1.54) is 6.47 Å². The SMILES string of the molecule is Cc1ccnc(CO[C]=O)c1. The van der Waals surface area contributed by atoms with E-state index in [0.29, 0.717) is 0 Å². The fourth-order valence-electron chi connectivity index (χ4n) is 0.781. The Morgan fingerprint density at radius 3 is 3.18 bits per heavy atom. The van der Waals surface area contributed by atoms with Gasteiger partial charge in [0.1, 0.15) is 6.61 Å². The van der Waals surface area contributed by atoms with Crippen LogP contribution in [0.3, 0.4) is 0 Å². The number of ether oxygens (including phenoxy) is 1. The van der Waals surface area contributed by atoms with E-state index in [0.717, 1.165) is 11.3 Å². The number of hydrogen-bond donors (Lipinski definition) is 0. The van der Waals surface area contributed by atoms with E-state index < -0.39 is 0 Å². The summed E-state index contributed by atoms with van der Waals surface area (Å²) in [4.78, 5) is 13.7. The van der Waals surface area contributed by atoms with E-state index in [1.807, 2.05) is 19.1 Å². The van der Waals surface area contributed by atoms with Crippen molar-refractivity contribution in [1.29, 1.82) is 0 Å². The largest absolute Gasteiger partial charge is 0.451 e. The van der Waals surface area contributed by atoms with Crippen molar-refractivity contribution >= 4 is 6.47 Å². The highest BCUT2D eigenvalue weighted by Gasteiger charge is 1.93. The lowest BCUT2D eigenvalue weighted by Crippen LogP contribution is -1.93. The van der Waals surface area contributed by atoms with E-state index in [2.05, 4.69) is 9.72 Å². The molecule has 0 aliphatic heterocycles. The smallest absolute Gasteiger partial charge is 0.417 e. The van der Waals surface area contributed by atoms with Gasteiger partial charge >= 0.3 is 6.47 Å². The molecule has 0 amide bonds. The van der Waals surface area contributed by atoms with Gasteiger partial charge < -0.3 is 4.74 Å². The van der Waals surface area contributed by atoms with Gasteiger partial charge in [-0.3, -0.25) is 4.98 Å². The summed E-state index contributed by atoms with van der Waals surface area (Å²) >= 11 is 0. The molecule has 0 N–H and O–H groups in total. The first-order valence-electron chi connectivity index (χ1n) is 3.23.